The lowest BCUT2D eigenvalue weighted by atomic mass is 10.4. The highest BCUT2D eigenvalue weighted by atomic mass is 16.7. The number of rotatable bonds is 3. The molecule has 1 heterocycles. The van der Waals surface area contributed by atoms with Crippen molar-refractivity contribution >= 4 is 6.16 Å². The van der Waals surface area contributed by atoms with E-state index in [1.165, 1.54) is 0 Å². The summed E-state index contributed by atoms with van der Waals surface area (Å²) in [5.41, 5.74) is 0. The van der Waals surface area contributed by atoms with E-state index in [4.69, 9.17) is 9.84 Å². The smallest absolute Gasteiger partial charge is 0.450 e. The monoisotopic (exact) mass is 173 g/mol. The highest BCUT2D eigenvalue weighted by Crippen LogP contribution is 2.18. The second-order valence-corrected chi connectivity index (χ2v) is 3.02. The van der Waals surface area contributed by atoms with Gasteiger partial charge in [-0.1, -0.05) is 6.92 Å². The first-order chi connectivity index (χ1) is 5.74. The van der Waals surface area contributed by atoms with E-state index in [9.17, 15) is 4.79 Å². The Morgan fingerprint density at radius 1 is 1.75 bits per heavy atom. The number of carboxylic acid groups (broad SMARTS) is 1. The van der Waals surface area contributed by atoms with E-state index in [0.717, 1.165) is 32.4 Å². The Bertz CT molecular complexity index is 160. The molecular formula is C8H15NO3. The molecule has 0 aromatic rings. The quantitative estimate of drug-likeness (QED) is 0.657. The van der Waals surface area contributed by atoms with Crippen LogP contribution in [0, 0.1) is 0 Å². The fourth-order valence-corrected chi connectivity index (χ4v) is 1.59. The Morgan fingerprint density at radius 3 is 3.08 bits per heavy atom. The van der Waals surface area contributed by atoms with E-state index < -0.39 is 6.16 Å². The van der Waals surface area contributed by atoms with E-state index in [0.29, 0.717) is 0 Å². The minimum absolute atomic E-state index is 0.192. The number of hydrogen-bond donors (Lipinski definition) is 1. The summed E-state index contributed by atoms with van der Waals surface area (Å²) in [6.45, 7) is 3.97. The zero-order valence-corrected chi connectivity index (χ0v) is 7.32. The first-order valence-corrected chi connectivity index (χ1v) is 4.37. The predicted molar refractivity (Wildman–Crippen MR) is 44.0 cm³/mol. The maximum absolute atomic E-state index is 10.3. The summed E-state index contributed by atoms with van der Waals surface area (Å²) < 4.78 is 4.72. The number of carbonyl (C=O) groups is 1. The van der Waals surface area contributed by atoms with E-state index in [-0.39, 0.29) is 6.23 Å². The molecule has 0 radical (unpaired) electrons. The molecule has 4 nitrogen and oxygen atoms in total. The largest absolute Gasteiger partial charge is 0.507 e. The maximum Gasteiger partial charge on any atom is 0.507 e. The van der Waals surface area contributed by atoms with Crippen molar-refractivity contribution in [2.45, 2.75) is 32.4 Å². The van der Waals surface area contributed by atoms with Crippen molar-refractivity contribution in [2.24, 2.45) is 0 Å². The van der Waals surface area contributed by atoms with Gasteiger partial charge >= 0.3 is 6.16 Å². The van der Waals surface area contributed by atoms with Crippen molar-refractivity contribution in [1.82, 2.24) is 4.90 Å². The van der Waals surface area contributed by atoms with Gasteiger partial charge in [0.1, 0.15) is 0 Å². The van der Waals surface area contributed by atoms with Crippen LogP contribution in [0.25, 0.3) is 0 Å². The van der Waals surface area contributed by atoms with E-state index in [2.05, 4.69) is 11.8 Å². The normalized spacial score (nSPS) is 24.2. The molecule has 70 valence electrons. The van der Waals surface area contributed by atoms with Gasteiger partial charge in [-0.05, 0) is 19.3 Å². The summed E-state index contributed by atoms with van der Waals surface area (Å²) >= 11 is 0. The lowest BCUT2D eigenvalue weighted by Gasteiger charge is -2.21. The van der Waals surface area contributed by atoms with Gasteiger partial charge in [0.25, 0.3) is 0 Å². The molecule has 4 heteroatoms. The predicted octanol–water partition coefficient (Wildman–Crippen LogP) is 1.51. The van der Waals surface area contributed by atoms with Crippen LogP contribution < -0.4 is 0 Å². The second-order valence-electron chi connectivity index (χ2n) is 3.02. The van der Waals surface area contributed by atoms with Crippen molar-refractivity contribution < 1.29 is 14.6 Å². The van der Waals surface area contributed by atoms with Crippen LogP contribution in [0.3, 0.4) is 0 Å². The van der Waals surface area contributed by atoms with E-state index in [1.54, 1.807) is 0 Å². The molecule has 0 amide bonds. The Morgan fingerprint density at radius 2 is 2.50 bits per heavy atom. The molecule has 12 heavy (non-hydrogen) atoms. The Labute approximate surface area is 72.1 Å². The lowest BCUT2D eigenvalue weighted by molar-refractivity contribution is -0.0133. The van der Waals surface area contributed by atoms with Crippen LogP contribution in [-0.4, -0.2) is 35.5 Å². The Hall–Kier alpha value is -0.770. The summed E-state index contributed by atoms with van der Waals surface area (Å²) in [5.74, 6) is 0. The third-order valence-electron chi connectivity index (χ3n) is 2.05. The van der Waals surface area contributed by atoms with Crippen molar-refractivity contribution in [1.29, 1.82) is 0 Å². The van der Waals surface area contributed by atoms with Crippen molar-refractivity contribution in [3.05, 3.63) is 0 Å². The average molecular weight is 173 g/mol. The van der Waals surface area contributed by atoms with Crippen LogP contribution in [0.4, 0.5) is 4.79 Å². The fraction of sp³-hybridized carbons (Fsp3) is 0.875. The Balaban J connectivity index is 2.35. The number of nitrogens with zero attached hydrogens (tertiary/aromatic N) is 1. The Kier molecular flexibility index (Phi) is 3.34. The van der Waals surface area contributed by atoms with Gasteiger partial charge in [-0.2, -0.15) is 0 Å². The highest BCUT2D eigenvalue weighted by molar-refractivity contribution is 5.57. The van der Waals surface area contributed by atoms with Crippen LogP contribution in [-0.2, 0) is 4.74 Å². The van der Waals surface area contributed by atoms with Crippen molar-refractivity contribution in [3.8, 4) is 0 Å². The molecule has 1 fully saturated rings. The molecule has 1 atom stereocenters. The summed E-state index contributed by atoms with van der Waals surface area (Å²) in [5, 5.41) is 8.41. The van der Waals surface area contributed by atoms with Crippen LogP contribution in [0.15, 0.2) is 0 Å². The molecule has 1 unspecified atom stereocenters. The van der Waals surface area contributed by atoms with Gasteiger partial charge in [-0.3, -0.25) is 4.90 Å². The molecule has 0 aromatic heterocycles. The molecular weight excluding hydrogens is 158 g/mol. The number of ether oxygens (including phenoxy) is 1. The molecule has 1 aliphatic heterocycles. The maximum atomic E-state index is 10.3. The standard InChI is InChI=1S/C8H15NO3/c1-2-5-9-6-3-4-7(9)12-8(10)11/h7H,2-6H2,1H3,(H,10,11). The SMILES string of the molecule is CCCN1CCCC1OC(=O)O. The summed E-state index contributed by atoms with van der Waals surface area (Å²) in [4.78, 5) is 12.3. The number of hydrogen-bond acceptors (Lipinski definition) is 3. The van der Waals surface area contributed by atoms with Gasteiger partial charge < -0.3 is 9.84 Å². The molecule has 1 rings (SSSR count). The minimum Gasteiger partial charge on any atom is -0.450 e. The minimum atomic E-state index is -1.16. The van der Waals surface area contributed by atoms with Gasteiger partial charge in [0.2, 0.25) is 0 Å². The molecule has 0 aliphatic carbocycles. The zero-order chi connectivity index (χ0) is 8.97. The van der Waals surface area contributed by atoms with Gasteiger partial charge in [0, 0.05) is 13.1 Å². The molecule has 0 spiro atoms. The zero-order valence-electron chi connectivity index (χ0n) is 7.32. The number of likely N-dealkylation sites (tertiary alicyclic amines) is 1. The first kappa shape index (κ1) is 9.32. The lowest BCUT2D eigenvalue weighted by Crippen LogP contribution is -2.33. The topological polar surface area (TPSA) is 49.8 Å². The summed E-state index contributed by atoms with van der Waals surface area (Å²) in [6.07, 6.45) is 1.56. The van der Waals surface area contributed by atoms with Gasteiger partial charge in [-0.15, -0.1) is 0 Å². The van der Waals surface area contributed by atoms with Gasteiger partial charge in [0.15, 0.2) is 6.23 Å². The summed E-state index contributed by atoms with van der Waals surface area (Å²) in [7, 11) is 0. The third-order valence-corrected chi connectivity index (χ3v) is 2.05. The van der Waals surface area contributed by atoms with Crippen LogP contribution in [0.1, 0.15) is 26.2 Å². The summed E-state index contributed by atoms with van der Waals surface area (Å²) in [6, 6.07) is 0. The van der Waals surface area contributed by atoms with Crippen LogP contribution in [0.2, 0.25) is 0 Å². The van der Waals surface area contributed by atoms with Crippen LogP contribution in [0.5, 0.6) is 0 Å². The van der Waals surface area contributed by atoms with Gasteiger partial charge in [-0.25, -0.2) is 4.79 Å². The van der Waals surface area contributed by atoms with Crippen LogP contribution >= 0.6 is 0 Å². The molecule has 1 saturated heterocycles. The van der Waals surface area contributed by atoms with Crippen molar-refractivity contribution in [2.75, 3.05) is 13.1 Å². The third kappa shape index (κ3) is 2.37. The first-order valence-electron chi connectivity index (χ1n) is 4.37. The highest BCUT2D eigenvalue weighted by Gasteiger charge is 2.26. The molecule has 1 aliphatic rings. The average Bonchev–Trinajstić information content (AvgIpc) is 2.37. The van der Waals surface area contributed by atoms with E-state index >= 15 is 0 Å². The van der Waals surface area contributed by atoms with E-state index in [1.807, 2.05) is 0 Å². The molecule has 1 N–H and O–H groups in total. The van der Waals surface area contributed by atoms with Crippen molar-refractivity contribution in [3.63, 3.8) is 0 Å². The molecule has 0 bridgehead atoms. The molecule has 0 saturated carbocycles. The van der Waals surface area contributed by atoms with Gasteiger partial charge in [0.05, 0.1) is 0 Å². The second kappa shape index (κ2) is 4.30. The molecule has 0 aromatic carbocycles. The fourth-order valence-electron chi connectivity index (χ4n) is 1.59.